The Kier molecular flexibility index (Phi) is 12.8. The molecule has 1 heterocycles. The van der Waals surface area contributed by atoms with Crippen LogP contribution in [-0.2, 0) is 11.3 Å². The van der Waals surface area contributed by atoms with E-state index in [-0.39, 0.29) is 34.6 Å². The van der Waals surface area contributed by atoms with Crippen LogP contribution in [0.2, 0.25) is 0 Å². The topological polar surface area (TPSA) is 83.2 Å². The number of aliphatic imine (C=N–C) groups is 1. The van der Waals surface area contributed by atoms with E-state index in [9.17, 15) is 10.1 Å². The van der Waals surface area contributed by atoms with E-state index in [1.807, 2.05) is 0 Å². The van der Waals surface area contributed by atoms with Crippen molar-refractivity contribution in [1.29, 1.82) is 0 Å². The number of ether oxygens (including phenoxy) is 1. The van der Waals surface area contributed by atoms with E-state index in [4.69, 9.17) is 9.73 Å². The minimum absolute atomic E-state index is 0. The van der Waals surface area contributed by atoms with Gasteiger partial charge in [0.15, 0.2) is 5.96 Å². The van der Waals surface area contributed by atoms with E-state index in [1.165, 1.54) is 12.1 Å². The normalized spacial score (nSPS) is 14.9. The molecule has 29 heavy (non-hydrogen) atoms. The van der Waals surface area contributed by atoms with Crippen molar-refractivity contribution in [3.8, 4) is 0 Å². The van der Waals surface area contributed by atoms with Gasteiger partial charge in [0, 0.05) is 45.4 Å². The third-order valence-corrected chi connectivity index (χ3v) is 4.81. The number of hydrogen-bond donors (Lipinski definition) is 1. The van der Waals surface area contributed by atoms with Crippen LogP contribution in [0.4, 0.5) is 5.69 Å². The van der Waals surface area contributed by atoms with Crippen LogP contribution in [-0.4, -0.2) is 73.7 Å². The molecule has 0 radical (unpaired) electrons. The summed E-state index contributed by atoms with van der Waals surface area (Å²) in [6.45, 7) is 9.24. The first-order valence-corrected chi connectivity index (χ1v) is 10.1. The fraction of sp³-hybridized carbons (Fsp3) is 0.650. The molecular weight excluding hydrogens is 485 g/mol. The van der Waals surface area contributed by atoms with Gasteiger partial charge in [-0.25, -0.2) is 4.99 Å². The summed E-state index contributed by atoms with van der Waals surface area (Å²) in [5.41, 5.74) is 1.07. The smallest absolute Gasteiger partial charge is 0.269 e. The largest absolute Gasteiger partial charge is 0.379 e. The first-order chi connectivity index (χ1) is 13.6. The van der Waals surface area contributed by atoms with E-state index < -0.39 is 0 Å². The third kappa shape index (κ3) is 9.72. The molecule has 0 bridgehead atoms. The summed E-state index contributed by atoms with van der Waals surface area (Å²) < 4.78 is 5.39. The number of benzene rings is 1. The van der Waals surface area contributed by atoms with Gasteiger partial charge in [-0.2, -0.15) is 0 Å². The van der Waals surface area contributed by atoms with Crippen molar-refractivity contribution < 1.29 is 9.66 Å². The first-order valence-electron chi connectivity index (χ1n) is 10.1. The van der Waals surface area contributed by atoms with Gasteiger partial charge >= 0.3 is 0 Å². The molecule has 164 valence electrons. The number of halogens is 1. The highest BCUT2D eigenvalue weighted by molar-refractivity contribution is 14.0. The van der Waals surface area contributed by atoms with Crippen molar-refractivity contribution in [2.75, 3.05) is 53.0 Å². The molecule has 1 saturated heterocycles. The minimum Gasteiger partial charge on any atom is -0.379 e. The number of rotatable bonds is 10. The number of morpholine rings is 1. The van der Waals surface area contributed by atoms with E-state index in [2.05, 4.69) is 29.1 Å². The zero-order valence-electron chi connectivity index (χ0n) is 17.5. The van der Waals surface area contributed by atoms with Gasteiger partial charge in [0.2, 0.25) is 0 Å². The quantitative estimate of drug-likeness (QED) is 0.128. The fourth-order valence-corrected chi connectivity index (χ4v) is 3.03. The highest BCUT2D eigenvalue weighted by Crippen LogP contribution is 2.12. The maximum Gasteiger partial charge on any atom is 0.269 e. The van der Waals surface area contributed by atoms with Gasteiger partial charge in [-0.3, -0.25) is 15.0 Å². The fourth-order valence-electron chi connectivity index (χ4n) is 3.03. The molecular formula is C20H34IN5O3. The molecule has 2 rings (SSSR count). The summed E-state index contributed by atoms with van der Waals surface area (Å²) in [5, 5.41) is 14.3. The van der Waals surface area contributed by atoms with Crippen molar-refractivity contribution in [2.24, 2.45) is 4.99 Å². The number of hydrogen-bond acceptors (Lipinski definition) is 5. The number of nitrogens with one attached hydrogen (secondary N) is 1. The van der Waals surface area contributed by atoms with Crippen LogP contribution in [0, 0.1) is 10.1 Å². The SMILES string of the molecule is CCCCN(C)C(=NCc1ccc([N+](=O)[O-])cc1)NCCCN1CCOCC1.I. The highest BCUT2D eigenvalue weighted by atomic mass is 127. The number of guanidine groups is 1. The lowest BCUT2D eigenvalue weighted by molar-refractivity contribution is -0.384. The van der Waals surface area contributed by atoms with Gasteiger partial charge in [-0.05, 0) is 24.9 Å². The van der Waals surface area contributed by atoms with Gasteiger partial charge in [-0.1, -0.05) is 25.5 Å². The predicted molar refractivity (Wildman–Crippen MR) is 127 cm³/mol. The molecule has 0 atom stereocenters. The van der Waals surface area contributed by atoms with E-state index in [0.717, 1.165) is 76.7 Å². The average Bonchev–Trinajstić information content (AvgIpc) is 2.72. The van der Waals surface area contributed by atoms with Crippen LogP contribution in [0.25, 0.3) is 0 Å². The molecule has 0 aromatic heterocycles. The Balaban J connectivity index is 0.00000420. The lowest BCUT2D eigenvalue weighted by Crippen LogP contribution is -2.42. The molecule has 1 aliphatic heterocycles. The lowest BCUT2D eigenvalue weighted by Gasteiger charge is -2.27. The van der Waals surface area contributed by atoms with Crippen LogP contribution < -0.4 is 5.32 Å². The zero-order chi connectivity index (χ0) is 20.2. The second kappa shape index (κ2) is 14.5. The first kappa shape index (κ1) is 25.6. The second-order valence-electron chi connectivity index (χ2n) is 7.07. The van der Waals surface area contributed by atoms with Crippen LogP contribution in [0.1, 0.15) is 31.7 Å². The Labute approximate surface area is 190 Å². The number of nitrogens with zero attached hydrogens (tertiary/aromatic N) is 4. The molecule has 8 nitrogen and oxygen atoms in total. The number of unbranched alkanes of at least 4 members (excludes halogenated alkanes) is 1. The van der Waals surface area contributed by atoms with Gasteiger partial charge in [0.1, 0.15) is 0 Å². The van der Waals surface area contributed by atoms with Gasteiger partial charge in [0.25, 0.3) is 5.69 Å². The van der Waals surface area contributed by atoms with Crippen molar-refractivity contribution in [3.63, 3.8) is 0 Å². The molecule has 1 N–H and O–H groups in total. The molecule has 1 aromatic carbocycles. The second-order valence-corrected chi connectivity index (χ2v) is 7.07. The summed E-state index contributed by atoms with van der Waals surface area (Å²) in [7, 11) is 2.05. The molecule has 0 unspecified atom stereocenters. The summed E-state index contributed by atoms with van der Waals surface area (Å²) in [5.74, 6) is 0.883. The van der Waals surface area contributed by atoms with Crippen LogP contribution in [0.15, 0.2) is 29.3 Å². The Morgan fingerprint density at radius 2 is 1.97 bits per heavy atom. The minimum atomic E-state index is -0.382. The monoisotopic (exact) mass is 519 g/mol. The predicted octanol–water partition coefficient (Wildman–Crippen LogP) is 3.11. The maximum absolute atomic E-state index is 10.8. The van der Waals surface area contributed by atoms with Crippen molar-refractivity contribution >= 4 is 35.6 Å². The van der Waals surface area contributed by atoms with Crippen LogP contribution in [0.3, 0.4) is 0 Å². The Bertz CT molecular complexity index is 621. The molecule has 1 aromatic rings. The van der Waals surface area contributed by atoms with Gasteiger partial charge in [0.05, 0.1) is 24.7 Å². The van der Waals surface area contributed by atoms with Crippen LogP contribution in [0.5, 0.6) is 0 Å². The Morgan fingerprint density at radius 3 is 2.59 bits per heavy atom. The zero-order valence-corrected chi connectivity index (χ0v) is 19.8. The van der Waals surface area contributed by atoms with Crippen molar-refractivity contribution in [2.45, 2.75) is 32.7 Å². The lowest BCUT2D eigenvalue weighted by atomic mass is 10.2. The number of nitro benzene ring substituents is 1. The highest BCUT2D eigenvalue weighted by Gasteiger charge is 2.10. The van der Waals surface area contributed by atoms with E-state index in [0.29, 0.717) is 6.54 Å². The van der Waals surface area contributed by atoms with Crippen molar-refractivity contribution in [3.05, 3.63) is 39.9 Å². The number of non-ortho nitro benzene ring substituents is 1. The Hall–Kier alpha value is -1.46. The summed E-state index contributed by atoms with van der Waals surface area (Å²) in [6.07, 6.45) is 3.30. The molecule has 0 amide bonds. The number of nitro groups is 1. The average molecular weight is 519 g/mol. The molecule has 1 fully saturated rings. The molecule has 1 aliphatic rings. The molecule has 0 saturated carbocycles. The van der Waals surface area contributed by atoms with E-state index in [1.54, 1.807) is 12.1 Å². The van der Waals surface area contributed by atoms with Gasteiger partial charge < -0.3 is 15.0 Å². The summed E-state index contributed by atoms with van der Waals surface area (Å²) in [4.78, 5) is 19.7. The Morgan fingerprint density at radius 1 is 1.28 bits per heavy atom. The van der Waals surface area contributed by atoms with E-state index >= 15 is 0 Å². The summed E-state index contributed by atoms with van der Waals surface area (Å²) in [6, 6.07) is 6.59. The third-order valence-electron chi connectivity index (χ3n) is 4.81. The molecule has 9 heteroatoms. The maximum atomic E-state index is 10.8. The van der Waals surface area contributed by atoms with Crippen LogP contribution >= 0.6 is 24.0 Å². The standard InChI is InChI=1S/C20H33N5O3.HI/c1-3-4-11-23(2)20(21-10-5-12-24-13-15-28-16-14-24)22-17-18-6-8-19(9-7-18)25(26)27;/h6-9H,3-5,10-17H2,1-2H3,(H,21,22);1H. The van der Waals surface area contributed by atoms with Crippen molar-refractivity contribution in [1.82, 2.24) is 15.1 Å². The molecule has 0 spiro atoms. The van der Waals surface area contributed by atoms with Gasteiger partial charge in [-0.15, -0.1) is 24.0 Å². The molecule has 0 aliphatic carbocycles. The summed E-state index contributed by atoms with van der Waals surface area (Å²) >= 11 is 0.